The molecule has 130 valence electrons. The van der Waals surface area contributed by atoms with E-state index >= 15 is 0 Å². The molecule has 0 aliphatic carbocycles. The summed E-state index contributed by atoms with van der Waals surface area (Å²) in [6.45, 7) is -0.475. The SMILES string of the molecule is COc1ccc(C(=O)COC(=O)/C=C/c2c(F)cccc2Cl)cc1Cl. The van der Waals surface area contributed by atoms with Gasteiger partial charge in [-0.1, -0.05) is 29.3 Å². The summed E-state index contributed by atoms with van der Waals surface area (Å²) in [6.07, 6.45) is 2.19. The van der Waals surface area contributed by atoms with Gasteiger partial charge in [0, 0.05) is 17.2 Å². The van der Waals surface area contributed by atoms with Gasteiger partial charge in [0.05, 0.1) is 17.2 Å². The summed E-state index contributed by atoms with van der Waals surface area (Å²) < 4.78 is 23.4. The predicted octanol–water partition coefficient (Wildman–Crippen LogP) is 4.58. The van der Waals surface area contributed by atoms with Crippen LogP contribution in [0, 0.1) is 5.82 Å². The molecule has 7 heteroatoms. The Bertz CT molecular complexity index is 814. The minimum absolute atomic E-state index is 0.0642. The summed E-state index contributed by atoms with van der Waals surface area (Å²) in [7, 11) is 1.46. The van der Waals surface area contributed by atoms with Gasteiger partial charge in [0.15, 0.2) is 12.4 Å². The van der Waals surface area contributed by atoms with Crippen molar-refractivity contribution in [1.82, 2.24) is 0 Å². The summed E-state index contributed by atoms with van der Waals surface area (Å²) >= 11 is 11.8. The van der Waals surface area contributed by atoms with Crippen LogP contribution in [-0.2, 0) is 9.53 Å². The number of esters is 1. The lowest BCUT2D eigenvalue weighted by molar-refractivity contribution is -0.136. The average Bonchev–Trinajstić information content (AvgIpc) is 2.59. The van der Waals surface area contributed by atoms with E-state index in [2.05, 4.69) is 0 Å². The first-order chi connectivity index (χ1) is 11.9. The van der Waals surface area contributed by atoms with Crippen LogP contribution in [0.25, 0.3) is 6.08 Å². The Labute approximate surface area is 153 Å². The zero-order valence-corrected chi connectivity index (χ0v) is 14.6. The molecular formula is C18H13Cl2FO4. The highest BCUT2D eigenvalue weighted by Crippen LogP contribution is 2.25. The minimum Gasteiger partial charge on any atom is -0.495 e. The maximum absolute atomic E-state index is 13.6. The standard InChI is InChI=1S/C18H13Cl2FO4/c1-24-17-7-5-11(9-14(17)20)16(22)10-25-18(23)8-6-12-13(19)3-2-4-15(12)21/h2-9H,10H2,1H3/b8-6+. The molecule has 0 radical (unpaired) electrons. The maximum Gasteiger partial charge on any atom is 0.331 e. The third-order valence-electron chi connectivity index (χ3n) is 3.21. The van der Waals surface area contributed by atoms with E-state index in [9.17, 15) is 14.0 Å². The molecule has 0 spiro atoms. The Hall–Kier alpha value is -2.37. The van der Waals surface area contributed by atoms with Gasteiger partial charge in [-0.2, -0.15) is 0 Å². The van der Waals surface area contributed by atoms with E-state index in [4.69, 9.17) is 32.7 Å². The van der Waals surface area contributed by atoms with Gasteiger partial charge in [0.2, 0.25) is 0 Å². The van der Waals surface area contributed by atoms with E-state index in [1.165, 1.54) is 49.6 Å². The van der Waals surface area contributed by atoms with Gasteiger partial charge >= 0.3 is 5.97 Å². The smallest absolute Gasteiger partial charge is 0.331 e. The first-order valence-corrected chi connectivity index (χ1v) is 7.83. The molecule has 2 rings (SSSR count). The van der Waals surface area contributed by atoms with E-state index in [1.807, 2.05) is 0 Å². The molecule has 0 atom stereocenters. The highest BCUT2D eigenvalue weighted by Gasteiger charge is 2.11. The fourth-order valence-corrected chi connectivity index (χ4v) is 2.41. The number of carbonyl (C=O) groups is 2. The Morgan fingerprint density at radius 2 is 1.92 bits per heavy atom. The second-order valence-corrected chi connectivity index (χ2v) is 5.66. The lowest BCUT2D eigenvalue weighted by Gasteiger charge is -2.06. The summed E-state index contributed by atoms with van der Waals surface area (Å²) in [5.74, 6) is -1.37. The second kappa shape index (κ2) is 8.65. The van der Waals surface area contributed by atoms with E-state index < -0.39 is 24.2 Å². The molecular weight excluding hydrogens is 370 g/mol. The van der Waals surface area contributed by atoms with Crippen LogP contribution in [0.1, 0.15) is 15.9 Å². The van der Waals surface area contributed by atoms with Gasteiger partial charge < -0.3 is 9.47 Å². The molecule has 0 amide bonds. The van der Waals surface area contributed by atoms with E-state index in [0.29, 0.717) is 5.75 Å². The molecule has 0 bridgehead atoms. The third-order valence-corrected chi connectivity index (χ3v) is 3.83. The van der Waals surface area contributed by atoms with Crippen LogP contribution in [0.15, 0.2) is 42.5 Å². The quantitative estimate of drug-likeness (QED) is 0.416. The molecule has 0 heterocycles. The molecule has 0 fully saturated rings. The minimum atomic E-state index is -0.799. The molecule has 0 aliphatic rings. The topological polar surface area (TPSA) is 52.6 Å². The van der Waals surface area contributed by atoms with E-state index in [-0.39, 0.29) is 21.2 Å². The number of benzene rings is 2. The van der Waals surface area contributed by atoms with Crippen molar-refractivity contribution >= 4 is 41.0 Å². The molecule has 0 N–H and O–H groups in total. The lowest BCUT2D eigenvalue weighted by atomic mass is 10.1. The van der Waals surface area contributed by atoms with Gasteiger partial charge in [-0.05, 0) is 36.4 Å². The third kappa shape index (κ3) is 5.05. The monoisotopic (exact) mass is 382 g/mol. The van der Waals surface area contributed by atoms with Crippen LogP contribution >= 0.6 is 23.2 Å². The number of ketones is 1. The Kier molecular flexibility index (Phi) is 6.56. The Morgan fingerprint density at radius 3 is 2.56 bits per heavy atom. The highest BCUT2D eigenvalue weighted by atomic mass is 35.5. The molecule has 2 aromatic carbocycles. The predicted molar refractivity (Wildman–Crippen MR) is 93.7 cm³/mol. The van der Waals surface area contributed by atoms with Gasteiger partial charge in [-0.3, -0.25) is 4.79 Å². The largest absolute Gasteiger partial charge is 0.495 e. The fourth-order valence-electron chi connectivity index (χ4n) is 1.93. The van der Waals surface area contributed by atoms with E-state index in [1.54, 1.807) is 0 Å². The van der Waals surface area contributed by atoms with Crippen LogP contribution in [0.2, 0.25) is 10.0 Å². The van der Waals surface area contributed by atoms with Crippen molar-refractivity contribution in [2.24, 2.45) is 0 Å². The van der Waals surface area contributed by atoms with Crippen molar-refractivity contribution in [3.63, 3.8) is 0 Å². The van der Waals surface area contributed by atoms with Crippen molar-refractivity contribution in [2.75, 3.05) is 13.7 Å². The number of ether oxygens (including phenoxy) is 2. The van der Waals surface area contributed by atoms with Crippen LogP contribution in [0.5, 0.6) is 5.75 Å². The van der Waals surface area contributed by atoms with Crippen molar-refractivity contribution < 1.29 is 23.5 Å². The Morgan fingerprint density at radius 1 is 1.16 bits per heavy atom. The number of carbonyl (C=O) groups excluding carboxylic acids is 2. The van der Waals surface area contributed by atoms with Gasteiger partial charge in [-0.25, -0.2) is 9.18 Å². The van der Waals surface area contributed by atoms with Crippen LogP contribution in [0.3, 0.4) is 0 Å². The van der Waals surface area contributed by atoms with Crippen molar-refractivity contribution in [2.45, 2.75) is 0 Å². The molecule has 0 unspecified atom stereocenters. The van der Waals surface area contributed by atoms with Gasteiger partial charge in [0.25, 0.3) is 0 Å². The molecule has 0 aromatic heterocycles. The molecule has 0 saturated heterocycles. The summed E-state index contributed by atoms with van der Waals surface area (Å²) in [5, 5.41) is 0.432. The molecule has 0 aliphatic heterocycles. The number of Topliss-reactive ketones (excluding diaryl/α,β-unsaturated/α-hetero) is 1. The highest BCUT2D eigenvalue weighted by molar-refractivity contribution is 6.32. The number of hydrogen-bond acceptors (Lipinski definition) is 4. The number of methoxy groups -OCH3 is 1. The number of rotatable bonds is 6. The summed E-state index contributed by atoms with van der Waals surface area (Å²) in [4.78, 5) is 23.7. The number of hydrogen-bond donors (Lipinski definition) is 0. The first-order valence-electron chi connectivity index (χ1n) is 7.08. The lowest BCUT2D eigenvalue weighted by Crippen LogP contribution is -2.12. The second-order valence-electron chi connectivity index (χ2n) is 4.85. The molecule has 4 nitrogen and oxygen atoms in total. The molecule has 2 aromatic rings. The van der Waals surface area contributed by atoms with Crippen LogP contribution in [-0.4, -0.2) is 25.5 Å². The molecule has 25 heavy (non-hydrogen) atoms. The van der Waals surface area contributed by atoms with Crippen LogP contribution in [0.4, 0.5) is 4.39 Å². The zero-order valence-electron chi connectivity index (χ0n) is 13.1. The summed E-state index contributed by atoms with van der Waals surface area (Å²) in [6, 6.07) is 8.63. The van der Waals surface area contributed by atoms with E-state index in [0.717, 1.165) is 6.08 Å². The zero-order chi connectivity index (χ0) is 18.4. The Balaban J connectivity index is 1.96. The van der Waals surface area contributed by atoms with Gasteiger partial charge in [-0.15, -0.1) is 0 Å². The van der Waals surface area contributed by atoms with Crippen molar-refractivity contribution in [3.05, 3.63) is 69.5 Å². The van der Waals surface area contributed by atoms with Crippen molar-refractivity contribution in [1.29, 1.82) is 0 Å². The maximum atomic E-state index is 13.6. The van der Waals surface area contributed by atoms with Gasteiger partial charge in [0.1, 0.15) is 11.6 Å². The molecule has 0 saturated carbocycles. The first kappa shape index (κ1) is 19.0. The normalized spacial score (nSPS) is 10.7. The van der Waals surface area contributed by atoms with Crippen LogP contribution < -0.4 is 4.74 Å². The average molecular weight is 383 g/mol. The fraction of sp³-hybridized carbons (Fsp3) is 0.111. The summed E-state index contributed by atoms with van der Waals surface area (Å²) in [5.41, 5.74) is 0.342. The number of halogens is 3. The van der Waals surface area contributed by atoms with Crippen molar-refractivity contribution in [3.8, 4) is 5.75 Å².